The molecule has 0 bridgehead atoms. The van der Waals surface area contributed by atoms with Crippen LogP contribution in [0.3, 0.4) is 0 Å². The molecule has 0 saturated carbocycles. The maximum Gasteiger partial charge on any atom is 0.136 e. The zero-order valence-electron chi connectivity index (χ0n) is 35.8. The van der Waals surface area contributed by atoms with Gasteiger partial charge in [0.2, 0.25) is 0 Å². The lowest BCUT2D eigenvalue weighted by molar-refractivity contribution is 0.668. The Kier molecular flexibility index (Phi) is 8.02. The minimum absolute atomic E-state index is 0.882. The van der Waals surface area contributed by atoms with Crippen molar-refractivity contribution in [1.82, 2.24) is 0 Å². The molecule has 0 fully saturated rings. The van der Waals surface area contributed by atoms with E-state index in [1.54, 1.807) is 0 Å². The molecule has 0 atom stereocenters. The molecule has 0 aliphatic rings. The Bertz CT molecular complexity index is 4000. The molecule has 2 heteroatoms. The number of benzene rings is 12. The van der Waals surface area contributed by atoms with Gasteiger partial charge < -0.3 is 8.83 Å². The van der Waals surface area contributed by atoms with E-state index in [0.717, 1.165) is 66.1 Å². The molecule has 66 heavy (non-hydrogen) atoms. The van der Waals surface area contributed by atoms with Crippen LogP contribution in [0.4, 0.5) is 0 Å². The molecule has 306 valence electrons. The van der Waals surface area contributed by atoms with Gasteiger partial charge in [0.05, 0.1) is 0 Å². The van der Waals surface area contributed by atoms with E-state index in [1.807, 2.05) is 12.1 Å². The summed E-state index contributed by atoms with van der Waals surface area (Å²) in [4.78, 5) is 0. The summed E-state index contributed by atoms with van der Waals surface area (Å²) in [5.74, 6) is 0. The van der Waals surface area contributed by atoms with Gasteiger partial charge in [0, 0.05) is 21.5 Å². The molecule has 2 nitrogen and oxygen atoms in total. The third-order valence-electron chi connectivity index (χ3n) is 13.9. The normalized spacial score (nSPS) is 11.9. The van der Waals surface area contributed by atoms with Crippen LogP contribution < -0.4 is 0 Å². The fraction of sp³-hybridized carbons (Fsp3) is 0. The van der Waals surface area contributed by atoms with Crippen molar-refractivity contribution in [2.45, 2.75) is 0 Å². The quantitative estimate of drug-likeness (QED) is 0.161. The molecule has 12 aromatic carbocycles. The predicted molar refractivity (Wildman–Crippen MR) is 278 cm³/mol. The SMILES string of the molecule is c1ccc(-c2cccc3c(-c4c5cccc(-c6cccc7oc8ccccc8c67)c5cc5c(-c6cccc7oc8ccccc8c67)cccc45)c4cccc(-c5ccccc5)c4cc23)cc1. The molecule has 0 aliphatic carbocycles. The van der Waals surface area contributed by atoms with Crippen molar-refractivity contribution in [3.63, 3.8) is 0 Å². The third-order valence-corrected chi connectivity index (χ3v) is 13.9. The van der Waals surface area contributed by atoms with Crippen molar-refractivity contribution in [2.75, 3.05) is 0 Å². The van der Waals surface area contributed by atoms with Crippen LogP contribution in [0.15, 0.2) is 239 Å². The second-order valence-corrected chi connectivity index (χ2v) is 17.4. The van der Waals surface area contributed by atoms with E-state index in [1.165, 1.54) is 76.5 Å². The lowest BCUT2D eigenvalue weighted by atomic mass is 9.81. The van der Waals surface area contributed by atoms with E-state index in [9.17, 15) is 0 Å². The largest absolute Gasteiger partial charge is 0.456 e. The van der Waals surface area contributed by atoms with Crippen LogP contribution in [0.1, 0.15) is 0 Å². The summed E-state index contributed by atoms with van der Waals surface area (Å²) in [6, 6.07) is 83.8. The molecular formula is C64H38O2. The Balaban J connectivity index is 1.19. The van der Waals surface area contributed by atoms with Crippen molar-refractivity contribution in [1.29, 1.82) is 0 Å². The van der Waals surface area contributed by atoms with Gasteiger partial charge in [-0.2, -0.15) is 0 Å². The van der Waals surface area contributed by atoms with Crippen LogP contribution >= 0.6 is 0 Å². The fourth-order valence-electron chi connectivity index (χ4n) is 11.1. The number of furan rings is 2. The number of hydrogen-bond acceptors (Lipinski definition) is 2. The first-order valence-corrected chi connectivity index (χ1v) is 22.7. The second-order valence-electron chi connectivity index (χ2n) is 17.4. The van der Waals surface area contributed by atoms with Crippen LogP contribution in [0.5, 0.6) is 0 Å². The number of para-hydroxylation sites is 2. The third kappa shape index (κ3) is 5.42. The Hall–Kier alpha value is -8.72. The average Bonchev–Trinajstić information content (AvgIpc) is 3.96. The van der Waals surface area contributed by atoms with E-state index in [2.05, 4.69) is 218 Å². The van der Waals surface area contributed by atoms with Gasteiger partial charge in [-0.15, -0.1) is 0 Å². The highest BCUT2D eigenvalue weighted by Crippen LogP contribution is 2.51. The highest BCUT2D eigenvalue weighted by atomic mass is 16.3. The molecule has 2 heterocycles. The topological polar surface area (TPSA) is 26.3 Å². The minimum Gasteiger partial charge on any atom is -0.456 e. The fourth-order valence-corrected chi connectivity index (χ4v) is 11.1. The monoisotopic (exact) mass is 838 g/mol. The van der Waals surface area contributed by atoms with Crippen LogP contribution in [0.2, 0.25) is 0 Å². The minimum atomic E-state index is 0.882. The Labute approximate surface area is 380 Å². The van der Waals surface area contributed by atoms with Crippen LogP contribution in [0, 0.1) is 0 Å². The van der Waals surface area contributed by atoms with E-state index in [0.29, 0.717) is 0 Å². The maximum absolute atomic E-state index is 6.52. The molecule has 0 unspecified atom stereocenters. The average molecular weight is 839 g/mol. The molecular weight excluding hydrogens is 801 g/mol. The molecule has 0 N–H and O–H groups in total. The molecule has 2 aromatic heterocycles. The number of hydrogen-bond donors (Lipinski definition) is 0. The maximum atomic E-state index is 6.52. The van der Waals surface area contributed by atoms with Gasteiger partial charge in [0.1, 0.15) is 22.3 Å². The van der Waals surface area contributed by atoms with Crippen molar-refractivity contribution < 1.29 is 8.83 Å². The molecule has 14 aromatic rings. The van der Waals surface area contributed by atoms with Crippen molar-refractivity contribution in [3.8, 4) is 55.6 Å². The number of fused-ring (bicyclic) bond motifs is 10. The van der Waals surface area contributed by atoms with Crippen LogP contribution in [0.25, 0.3) is 143 Å². The Morgan fingerprint density at radius 1 is 0.197 bits per heavy atom. The van der Waals surface area contributed by atoms with E-state index >= 15 is 0 Å². The van der Waals surface area contributed by atoms with Gasteiger partial charge in [0.15, 0.2) is 0 Å². The first kappa shape index (κ1) is 36.7. The second kappa shape index (κ2) is 14.4. The van der Waals surface area contributed by atoms with Crippen molar-refractivity contribution in [2.24, 2.45) is 0 Å². The molecule has 0 amide bonds. The Morgan fingerprint density at radius 3 is 0.924 bits per heavy atom. The molecule has 0 radical (unpaired) electrons. The first-order valence-electron chi connectivity index (χ1n) is 22.7. The number of rotatable bonds is 5. The molecule has 0 saturated heterocycles. The van der Waals surface area contributed by atoms with Gasteiger partial charge in [-0.05, 0) is 135 Å². The highest BCUT2D eigenvalue weighted by molar-refractivity contribution is 6.29. The zero-order chi connectivity index (χ0) is 43.3. The molecule has 0 aliphatic heterocycles. The lowest BCUT2D eigenvalue weighted by Gasteiger charge is -2.22. The van der Waals surface area contributed by atoms with Crippen LogP contribution in [-0.2, 0) is 0 Å². The van der Waals surface area contributed by atoms with E-state index in [-0.39, 0.29) is 0 Å². The van der Waals surface area contributed by atoms with E-state index in [4.69, 9.17) is 8.83 Å². The van der Waals surface area contributed by atoms with Gasteiger partial charge in [-0.3, -0.25) is 0 Å². The lowest BCUT2D eigenvalue weighted by Crippen LogP contribution is -1.94. The van der Waals surface area contributed by atoms with Gasteiger partial charge in [-0.1, -0.05) is 194 Å². The van der Waals surface area contributed by atoms with Crippen molar-refractivity contribution in [3.05, 3.63) is 231 Å². The summed E-state index contributed by atoms with van der Waals surface area (Å²) < 4.78 is 13.0. The highest BCUT2D eigenvalue weighted by Gasteiger charge is 2.24. The van der Waals surface area contributed by atoms with Gasteiger partial charge >= 0.3 is 0 Å². The Morgan fingerprint density at radius 2 is 0.500 bits per heavy atom. The summed E-state index contributed by atoms with van der Waals surface area (Å²) in [7, 11) is 0. The summed E-state index contributed by atoms with van der Waals surface area (Å²) >= 11 is 0. The van der Waals surface area contributed by atoms with Gasteiger partial charge in [0.25, 0.3) is 0 Å². The standard InChI is InChI=1S/C64H38O2/c1-3-17-39(18-4-1)41-23-11-27-47-53(41)37-54-42(40-19-5-2-6-20-40)24-12-28-48(54)63(47)64-49-29-13-25-43(45-31-15-35-59-61(45)51-21-7-9-33-57(51)65-59)55(49)38-56-44(26-14-30-50(56)64)46-32-16-36-60-62(46)52-22-8-10-34-58(52)66-60/h1-38H. The summed E-state index contributed by atoms with van der Waals surface area (Å²) in [5.41, 5.74) is 15.4. The van der Waals surface area contributed by atoms with E-state index < -0.39 is 0 Å². The first-order chi connectivity index (χ1) is 32.8. The van der Waals surface area contributed by atoms with Crippen LogP contribution in [-0.4, -0.2) is 0 Å². The van der Waals surface area contributed by atoms with Gasteiger partial charge in [-0.25, -0.2) is 0 Å². The molecule has 0 spiro atoms. The predicted octanol–water partition coefficient (Wildman–Crippen LogP) is 18.4. The molecule has 14 rings (SSSR count). The summed E-state index contributed by atoms with van der Waals surface area (Å²) in [5, 5.41) is 14.1. The smallest absolute Gasteiger partial charge is 0.136 e. The van der Waals surface area contributed by atoms with Crippen molar-refractivity contribution >= 4 is 87.0 Å². The zero-order valence-corrected chi connectivity index (χ0v) is 35.8. The summed E-state index contributed by atoms with van der Waals surface area (Å²) in [6.45, 7) is 0. The summed E-state index contributed by atoms with van der Waals surface area (Å²) in [6.07, 6.45) is 0.